The van der Waals surface area contributed by atoms with Crippen molar-refractivity contribution in [1.82, 2.24) is 0 Å². The highest BCUT2D eigenvalue weighted by atomic mass is 16.5. The quantitative estimate of drug-likeness (QED) is 0.413. The van der Waals surface area contributed by atoms with Gasteiger partial charge in [0.2, 0.25) is 0 Å². The first-order valence-electron chi connectivity index (χ1n) is 12.2. The molecule has 30 heavy (non-hydrogen) atoms. The third kappa shape index (κ3) is 6.84. The lowest BCUT2D eigenvalue weighted by molar-refractivity contribution is -0.136. The smallest absolute Gasteiger partial charge is 0.141 e. The molecule has 0 aliphatic heterocycles. The molecule has 0 saturated heterocycles. The number of unbranched alkanes of at least 4 members (excludes halogenated alkanes) is 1. The fraction of sp³-hybridized carbons (Fsp3) is 0.917. The minimum Gasteiger partial charge on any atom is -0.392 e. The first-order chi connectivity index (χ1) is 14.6. The molecule has 0 aromatic carbocycles. The van der Waals surface area contributed by atoms with Crippen LogP contribution in [0.25, 0.3) is 0 Å². The maximum absolute atomic E-state index is 12.7. The summed E-state index contributed by atoms with van der Waals surface area (Å²) in [6.07, 6.45) is 11.4. The van der Waals surface area contributed by atoms with Crippen molar-refractivity contribution in [2.24, 2.45) is 17.8 Å². The number of Topliss-reactive ketones (excluding diaryl/α,β-unsaturated/α-hetero) is 1. The van der Waals surface area contributed by atoms with Crippen LogP contribution in [0.1, 0.15) is 83.5 Å². The van der Waals surface area contributed by atoms with Crippen molar-refractivity contribution in [3.63, 3.8) is 0 Å². The van der Waals surface area contributed by atoms with Crippen molar-refractivity contribution in [3.05, 3.63) is 0 Å². The molecule has 6 atom stereocenters. The van der Waals surface area contributed by atoms with Gasteiger partial charge in [0, 0.05) is 43.8 Å². The lowest BCUT2D eigenvalue weighted by atomic mass is 9.74. The molecule has 6 heteroatoms. The number of rotatable bonds is 10. The van der Waals surface area contributed by atoms with Gasteiger partial charge in [-0.3, -0.25) is 4.79 Å². The third-order valence-electron chi connectivity index (χ3n) is 7.38. The van der Waals surface area contributed by atoms with E-state index in [1.54, 1.807) is 0 Å². The monoisotopic (exact) mass is 424 g/mol. The van der Waals surface area contributed by atoms with Gasteiger partial charge in [0.25, 0.3) is 0 Å². The summed E-state index contributed by atoms with van der Waals surface area (Å²) in [4.78, 5) is 23.6. The molecule has 0 spiro atoms. The number of aldehydes is 1. The lowest BCUT2D eigenvalue weighted by Crippen LogP contribution is -2.40. The van der Waals surface area contributed by atoms with Crippen LogP contribution in [-0.2, 0) is 19.1 Å². The summed E-state index contributed by atoms with van der Waals surface area (Å²) < 4.78 is 11.8. The van der Waals surface area contributed by atoms with Gasteiger partial charge < -0.3 is 24.5 Å². The van der Waals surface area contributed by atoms with E-state index in [0.717, 1.165) is 64.1 Å². The number of ketones is 1. The molecule has 0 amide bonds. The maximum Gasteiger partial charge on any atom is 0.141 e. The van der Waals surface area contributed by atoms with Gasteiger partial charge in [-0.2, -0.15) is 0 Å². The highest BCUT2D eigenvalue weighted by molar-refractivity contribution is 5.84. The van der Waals surface area contributed by atoms with Crippen LogP contribution in [0.15, 0.2) is 0 Å². The second-order valence-corrected chi connectivity index (χ2v) is 9.60. The number of carbonyl (C=O) groups excluding carboxylic acids is 2. The molecule has 3 aliphatic rings. The van der Waals surface area contributed by atoms with Crippen LogP contribution in [0.5, 0.6) is 0 Å². The Balaban J connectivity index is 1.24. The van der Waals surface area contributed by atoms with Crippen LogP contribution in [0.3, 0.4) is 0 Å². The van der Waals surface area contributed by atoms with Crippen molar-refractivity contribution >= 4 is 12.1 Å². The molecule has 3 saturated carbocycles. The van der Waals surface area contributed by atoms with E-state index < -0.39 is 12.2 Å². The van der Waals surface area contributed by atoms with Crippen molar-refractivity contribution < 1.29 is 29.3 Å². The van der Waals surface area contributed by atoms with Gasteiger partial charge >= 0.3 is 0 Å². The zero-order valence-electron chi connectivity index (χ0n) is 18.3. The third-order valence-corrected chi connectivity index (χ3v) is 7.38. The highest BCUT2D eigenvalue weighted by Gasteiger charge is 2.37. The first-order valence-corrected chi connectivity index (χ1v) is 12.2. The van der Waals surface area contributed by atoms with Crippen LogP contribution in [0.4, 0.5) is 0 Å². The zero-order valence-corrected chi connectivity index (χ0v) is 18.3. The van der Waals surface area contributed by atoms with E-state index in [2.05, 4.69) is 0 Å². The summed E-state index contributed by atoms with van der Waals surface area (Å²) in [6.45, 7) is 1.28. The van der Waals surface area contributed by atoms with Gasteiger partial charge in [-0.05, 0) is 51.4 Å². The lowest BCUT2D eigenvalue weighted by Gasteiger charge is -2.34. The van der Waals surface area contributed by atoms with Crippen LogP contribution < -0.4 is 0 Å². The van der Waals surface area contributed by atoms with Gasteiger partial charge in [-0.15, -0.1) is 0 Å². The summed E-state index contributed by atoms with van der Waals surface area (Å²) in [5.74, 6) is 0.0446. The molecule has 2 N–H and O–H groups in total. The van der Waals surface area contributed by atoms with Crippen LogP contribution >= 0.6 is 0 Å². The first kappa shape index (κ1) is 23.8. The van der Waals surface area contributed by atoms with Gasteiger partial charge in [0.15, 0.2) is 0 Å². The molecule has 0 bridgehead atoms. The summed E-state index contributed by atoms with van der Waals surface area (Å²) in [5.41, 5.74) is 0. The molecule has 3 rings (SSSR count). The predicted molar refractivity (Wildman–Crippen MR) is 113 cm³/mol. The van der Waals surface area contributed by atoms with Crippen molar-refractivity contribution in [3.8, 4) is 0 Å². The van der Waals surface area contributed by atoms with E-state index >= 15 is 0 Å². The Morgan fingerprint density at radius 2 is 1.40 bits per heavy atom. The van der Waals surface area contributed by atoms with Gasteiger partial charge in [0.05, 0.1) is 24.4 Å². The maximum atomic E-state index is 12.7. The standard InChI is InChI=1S/C24H40O6/c25-16-18-8-9-19(14-22(18)26)29-12-4-5-13-30-20-10-11-21(23(27)15-20)24(28)17-6-2-1-3-7-17/h16-23,26-27H,1-15H2. The number of ether oxygens (including phenoxy) is 2. The summed E-state index contributed by atoms with van der Waals surface area (Å²) >= 11 is 0. The molecule has 6 nitrogen and oxygen atoms in total. The fourth-order valence-corrected chi connectivity index (χ4v) is 5.43. The van der Waals surface area contributed by atoms with Crippen LogP contribution in [0.2, 0.25) is 0 Å². The number of carbonyl (C=O) groups is 2. The number of aliphatic hydroxyl groups excluding tert-OH is 2. The Morgan fingerprint density at radius 3 is 1.97 bits per heavy atom. The van der Waals surface area contributed by atoms with Crippen molar-refractivity contribution in [2.75, 3.05) is 13.2 Å². The van der Waals surface area contributed by atoms with Crippen molar-refractivity contribution in [2.45, 2.75) is 108 Å². The molecule has 3 aliphatic carbocycles. The fourth-order valence-electron chi connectivity index (χ4n) is 5.43. The number of hydrogen-bond donors (Lipinski definition) is 2. The van der Waals surface area contributed by atoms with Crippen LogP contribution in [0, 0.1) is 17.8 Å². The molecular formula is C24H40O6. The zero-order chi connectivity index (χ0) is 21.3. The normalized spacial score (nSPS) is 35.8. The molecule has 0 radical (unpaired) electrons. The summed E-state index contributed by atoms with van der Waals surface area (Å²) in [7, 11) is 0. The Kier molecular flexibility index (Phi) is 9.75. The number of aliphatic hydroxyl groups is 2. The SMILES string of the molecule is O=CC1CCC(OCCCCOC2CCC(C(=O)C3CCCCC3)C(O)C2)CC1O. The molecule has 0 heterocycles. The Bertz CT molecular complexity index is 532. The molecule has 0 aromatic rings. The summed E-state index contributed by atoms with van der Waals surface area (Å²) in [6, 6.07) is 0. The van der Waals surface area contributed by atoms with Crippen molar-refractivity contribution in [1.29, 1.82) is 0 Å². The van der Waals surface area contributed by atoms with Gasteiger partial charge in [-0.25, -0.2) is 0 Å². The van der Waals surface area contributed by atoms with E-state index in [1.807, 2.05) is 0 Å². The molecule has 172 valence electrons. The van der Waals surface area contributed by atoms with Gasteiger partial charge in [-0.1, -0.05) is 19.3 Å². The minimum atomic E-state index is -0.573. The second-order valence-electron chi connectivity index (χ2n) is 9.60. The van der Waals surface area contributed by atoms with E-state index in [4.69, 9.17) is 9.47 Å². The Morgan fingerprint density at radius 1 is 0.800 bits per heavy atom. The topological polar surface area (TPSA) is 93.1 Å². The van der Waals surface area contributed by atoms with E-state index in [0.29, 0.717) is 38.3 Å². The number of hydrogen-bond acceptors (Lipinski definition) is 6. The van der Waals surface area contributed by atoms with Gasteiger partial charge in [0.1, 0.15) is 12.1 Å². The van der Waals surface area contributed by atoms with E-state index in [1.165, 1.54) is 6.42 Å². The van der Waals surface area contributed by atoms with Crippen LogP contribution in [-0.4, -0.2) is 59.9 Å². The highest BCUT2D eigenvalue weighted by Crippen LogP contribution is 2.34. The molecule has 0 aromatic heterocycles. The minimum absolute atomic E-state index is 0.0456. The van der Waals surface area contributed by atoms with E-state index in [9.17, 15) is 19.8 Å². The molecule has 6 unspecified atom stereocenters. The molecular weight excluding hydrogens is 384 g/mol. The predicted octanol–water partition coefficient (Wildman–Crippen LogP) is 3.21. The molecule has 3 fully saturated rings. The Hall–Kier alpha value is -0.820. The van der Waals surface area contributed by atoms with E-state index in [-0.39, 0.29) is 30.0 Å². The average molecular weight is 425 g/mol. The Labute approximate surface area is 180 Å². The average Bonchev–Trinajstić information content (AvgIpc) is 2.76. The summed E-state index contributed by atoms with van der Waals surface area (Å²) in [5, 5.41) is 20.4. The largest absolute Gasteiger partial charge is 0.392 e. The second kappa shape index (κ2) is 12.3.